The Morgan fingerprint density at radius 2 is 1.93 bits per heavy atom. The second kappa shape index (κ2) is 10.4. The lowest BCUT2D eigenvalue weighted by Crippen LogP contribution is -2.63. The summed E-state index contributed by atoms with van der Waals surface area (Å²) < 4.78 is 50.2. The lowest BCUT2D eigenvalue weighted by Gasteiger charge is -2.40. The van der Waals surface area contributed by atoms with Crippen LogP contribution in [-0.4, -0.2) is 63.0 Å². The fourth-order valence-electron chi connectivity index (χ4n) is 4.53. The number of nitrogen functional groups attached to an aromatic ring is 1. The molecule has 0 unspecified atom stereocenters. The largest absolute Gasteiger partial charge is 0.478 e. The zero-order valence-corrected chi connectivity index (χ0v) is 21.7. The Hall–Kier alpha value is -5.02. The molecule has 218 valence electrons. The van der Waals surface area contributed by atoms with Crippen LogP contribution in [0, 0.1) is 0 Å². The Labute approximate surface area is 234 Å². The number of nitrogens with zero attached hydrogens (tertiary/aromatic N) is 3. The highest BCUT2D eigenvalue weighted by molar-refractivity contribution is 6.06. The number of carbonyl (C=O) groups excluding carboxylic acids is 2. The summed E-state index contributed by atoms with van der Waals surface area (Å²) in [6.45, 7) is 1.08. The molecule has 0 bridgehead atoms. The number of halogens is 3. The summed E-state index contributed by atoms with van der Waals surface area (Å²) >= 11 is 0. The number of morpholine rings is 1. The number of hydrogen-bond acceptors (Lipinski definition) is 9. The first-order chi connectivity index (χ1) is 19.8. The third-order valence-electron chi connectivity index (χ3n) is 6.79. The molecule has 0 radical (unpaired) electrons. The van der Waals surface area contributed by atoms with Crippen LogP contribution in [0.1, 0.15) is 22.8 Å². The number of carboxylic acid groups (broad SMARTS) is 1. The minimum absolute atomic E-state index is 0.00392. The number of benzene rings is 2. The highest BCUT2D eigenvalue weighted by Crippen LogP contribution is 2.34. The molecule has 2 amide bonds. The smallest absolute Gasteiger partial charge is 0.416 e. The van der Waals surface area contributed by atoms with Crippen molar-refractivity contribution >= 4 is 46.1 Å². The quantitative estimate of drug-likeness (QED) is 0.262. The van der Waals surface area contributed by atoms with Crippen LogP contribution in [0.4, 0.5) is 30.5 Å². The molecule has 2 aromatic heterocycles. The van der Waals surface area contributed by atoms with Crippen LogP contribution in [0.3, 0.4) is 0 Å². The van der Waals surface area contributed by atoms with Crippen LogP contribution >= 0.6 is 0 Å². The van der Waals surface area contributed by atoms with Crippen LogP contribution in [0.5, 0.6) is 0 Å². The number of hydrogen-bond donors (Lipinski definition) is 4. The number of carbonyl (C=O) groups is 3. The van der Waals surface area contributed by atoms with E-state index in [1.807, 2.05) is 0 Å². The van der Waals surface area contributed by atoms with Gasteiger partial charge in [0, 0.05) is 17.3 Å². The van der Waals surface area contributed by atoms with Crippen LogP contribution in [0.15, 0.2) is 59.1 Å². The predicted octanol–water partition coefficient (Wildman–Crippen LogP) is 3.31. The number of amides is 2. The number of rotatable bonds is 6. The van der Waals surface area contributed by atoms with Crippen molar-refractivity contribution in [1.82, 2.24) is 10.1 Å². The lowest BCUT2D eigenvalue weighted by molar-refractivity contribution is -0.170. The Morgan fingerprint density at radius 1 is 1.17 bits per heavy atom. The van der Waals surface area contributed by atoms with Crippen LogP contribution in [0.25, 0.3) is 22.2 Å². The molecule has 5 N–H and O–H groups in total. The van der Waals surface area contributed by atoms with Crippen molar-refractivity contribution in [3.05, 3.63) is 65.7 Å². The number of aromatic carboxylic acids is 1. The molecule has 0 spiro atoms. The molecule has 1 aliphatic heterocycles. The molecule has 15 heteroatoms. The average Bonchev–Trinajstić information content (AvgIpc) is 3.33. The average molecular weight is 585 g/mol. The van der Waals surface area contributed by atoms with E-state index in [4.69, 9.17) is 15.0 Å². The normalized spacial score (nSPS) is 18.2. The van der Waals surface area contributed by atoms with Gasteiger partial charge in [-0.15, -0.1) is 0 Å². The maximum absolute atomic E-state index is 13.6. The number of fused-ring (bicyclic) bond motifs is 1. The Bertz CT molecular complexity index is 1720. The van der Waals surface area contributed by atoms with E-state index in [0.29, 0.717) is 11.5 Å². The number of alkyl halides is 3. The van der Waals surface area contributed by atoms with E-state index in [1.165, 1.54) is 37.3 Å². The molecule has 0 saturated carbocycles. The maximum Gasteiger partial charge on any atom is 0.416 e. The van der Waals surface area contributed by atoms with Gasteiger partial charge >= 0.3 is 12.1 Å². The molecular weight excluding hydrogens is 563 g/mol. The van der Waals surface area contributed by atoms with Crippen molar-refractivity contribution in [1.29, 1.82) is 0 Å². The topological polar surface area (TPSA) is 181 Å². The van der Waals surface area contributed by atoms with E-state index >= 15 is 0 Å². The van der Waals surface area contributed by atoms with Gasteiger partial charge in [-0.1, -0.05) is 17.3 Å². The van der Waals surface area contributed by atoms with Crippen molar-refractivity contribution < 1.29 is 47.0 Å². The monoisotopic (exact) mass is 585 g/mol. The van der Waals surface area contributed by atoms with E-state index in [1.54, 1.807) is 6.07 Å². The minimum atomic E-state index is -4.76. The fraction of sp³-hybridized carbons (Fsp3) is 0.222. The summed E-state index contributed by atoms with van der Waals surface area (Å²) in [7, 11) is 0. The number of carboxylic acids is 1. The van der Waals surface area contributed by atoms with Gasteiger partial charge in [0.25, 0.3) is 11.8 Å². The fourth-order valence-corrected chi connectivity index (χ4v) is 4.53. The highest BCUT2D eigenvalue weighted by Gasteiger charge is 2.51. The molecule has 3 heterocycles. The first-order valence-electron chi connectivity index (χ1n) is 12.3. The minimum Gasteiger partial charge on any atom is -0.478 e. The summed E-state index contributed by atoms with van der Waals surface area (Å²) in [5.41, 5.74) is 2.25. The van der Waals surface area contributed by atoms with Gasteiger partial charge in [-0.2, -0.15) is 13.2 Å². The van der Waals surface area contributed by atoms with E-state index in [0.717, 1.165) is 17.0 Å². The molecule has 12 nitrogen and oxygen atoms in total. The number of aromatic nitrogens is 2. The zero-order valence-electron chi connectivity index (χ0n) is 21.7. The van der Waals surface area contributed by atoms with Gasteiger partial charge < -0.3 is 30.5 Å². The van der Waals surface area contributed by atoms with Gasteiger partial charge in [-0.3, -0.25) is 14.5 Å². The maximum atomic E-state index is 13.6. The lowest BCUT2D eigenvalue weighted by atomic mass is 9.94. The van der Waals surface area contributed by atoms with Crippen molar-refractivity contribution in [2.75, 3.05) is 29.1 Å². The second-order valence-corrected chi connectivity index (χ2v) is 9.53. The number of ether oxygens (including phenoxy) is 1. The Balaban J connectivity index is 1.40. The van der Waals surface area contributed by atoms with Crippen LogP contribution in [0.2, 0.25) is 0 Å². The molecule has 42 heavy (non-hydrogen) atoms. The van der Waals surface area contributed by atoms with Crippen LogP contribution < -0.4 is 16.0 Å². The Morgan fingerprint density at radius 3 is 2.64 bits per heavy atom. The van der Waals surface area contributed by atoms with E-state index in [-0.39, 0.29) is 47.3 Å². The number of anilines is 3. The molecule has 4 aromatic rings. The van der Waals surface area contributed by atoms with Gasteiger partial charge in [-0.05, 0) is 43.3 Å². The van der Waals surface area contributed by atoms with Gasteiger partial charge in [-0.25, -0.2) is 9.78 Å². The molecule has 2 atom stereocenters. The number of nitrogens with one attached hydrogen (secondary N) is 1. The summed E-state index contributed by atoms with van der Waals surface area (Å²) in [5, 5.41) is 27.1. The molecule has 2 aromatic carbocycles. The number of nitrogens with two attached hydrogens (primary N) is 1. The SMILES string of the molecule is C[C@]1([C@@H](O)C(=O)Nc2ccc3c(N)noc3c2)OCCN(c2cccc(-c3ccc(C(F)(F)F)cc3C(=O)O)n2)C1=O. The Kier molecular flexibility index (Phi) is 7.08. The zero-order chi connectivity index (χ0) is 30.4. The van der Waals surface area contributed by atoms with Crippen molar-refractivity contribution in [2.45, 2.75) is 24.8 Å². The molecule has 1 fully saturated rings. The number of aliphatic hydroxyl groups excluding tert-OH is 1. The summed E-state index contributed by atoms with van der Waals surface area (Å²) in [4.78, 5) is 43.7. The summed E-state index contributed by atoms with van der Waals surface area (Å²) in [5.74, 6) is -3.22. The van der Waals surface area contributed by atoms with Crippen molar-refractivity contribution in [2.24, 2.45) is 0 Å². The van der Waals surface area contributed by atoms with Crippen molar-refractivity contribution in [3.63, 3.8) is 0 Å². The molecule has 0 aliphatic carbocycles. The molecular formula is C27H22F3N5O7. The molecule has 1 saturated heterocycles. The summed E-state index contributed by atoms with van der Waals surface area (Å²) in [6, 6.07) is 11.0. The van der Waals surface area contributed by atoms with Gasteiger partial charge in [0.05, 0.1) is 35.4 Å². The van der Waals surface area contributed by atoms with Gasteiger partial charge in [0.1, 0.15) is 5.82 Å². The van der Waals surface area contributed by atoms with E-state index in [9.17, 15) is 37.8 Å². The van der Waals surface area contributed by atoms with E-state index in [2.05, 4.69) is 15.5 Å². The number of pyridine rings is 1. The van der Waals surface area contributed by atoms with E-state index < -0.39 is 46.8 Å². The standard InChI is InChI=1S/C27H22F3N5O7/c1-26(21(36)23(37)32-14-6-8-16-19(12-14)42-34-22(16)31)25(40)35(9-10-41-26)20-4-2-3-18(33-20)15-7-5-13(27(28,29)30)11-17(15)24(38)39/h2-8,11-12,21,36H,9-10H2,1H3,(H2,31,34)(H,32,37)(H,38,39)/t21-,26+/m0/s1. The molecule has 5 rings (SSSR count). The first-order valence-corrected chi connectivity index (χ1v) is 12.3. The number of aliphatic hydroxyl groups is 1. The highest BCUT2D eigenvalue weighted by atomic mass is 19.4. The van der Waals surface area contributed by atoms with Crippen LogP contribution in [-0.2, 0) is 20.5 Å². The second-order valence-electron chi connectivity index (χ2n) is 9.53. The third kappa shape index (κ3) is 5.10. The molecule has 1 aliphatic rings. The first kappa shape index (κ1) is 28.5. The van der Waals surface area contributed by atoms with Crippen molar-refractivity contribution in [3.8, 4) is 11.3 Å². The predicted molar refractivity (Wildman–Crippen MR) is 141 cm³/mol. The third-order valence-corrected chi connectivity index (χ3v) is 6.79. The van der Waals surface area contributed by atoms with Gasteiger partial charge in [0.15, 0.2) is 23.1 Å². The van der Waals surface area contributed by atoms with Gasteiger partial charge in [0.2, 0.25) is 0 Å². The summed E-state index contributed by atoms with van der Waals surface area (Å²) in [6.07, 6.45) is -6.74.